The molecule has 2 nitrogen and oxygen atoms in total. The number of likely N-dealkylation sites (tertiary alicyclic amines) is 1. The highest BCUT2D eigenvalue weighted by molar-refractivity contribution is 6.35. The monoisotopic (exact) mass is 272 g/mol. The summed E-state index contributed by atoms with van der Waals surface area (Å²) in [5.41, 5.74) is 1.18. The fraction of sp³-hybridized carbons (Fsp3) is 0.538. The van der Waals surface area contributed by atoms with Crippen molar-refractivity contribution in [3.8, 4) is 0 Å². The Balaban J connectivity index is 1.86. The summed E-state index contributed by atoms with van der Waals surface area (Å²) in [5.74, 6) is 0. The standard InChI is InChI=1S/C13H18Cl2N2/c1-16-12-5-7-17(9-12)6-4-10-2-3-11(14)8-13(10)15/h2-3,8,12,16H,4-7,9H2,1H3. The lowest BCUT2D eigenvalue weighted by Gasteiger charge is -2.16. The minimum atomic E-state index is 0.649. The van der Waals surface area contributed by atoms with Gasteiger partial charge in [0.05, 0.1) is 0 Å². The molecule has 1 saturated heterocycles. The molecule has 1 N–H and O–H groups in total. The van der Waals surface area contributed by atoms with Gasteiger partial charge in [-0.25, -0.2) is 0 Å². The molecule has 0 aliphatic carbocycles. The second-order valence-corrected chi connectivity index (χ2v) is 5.40. The highest BCUT2D eigenvalue weighted by Crippen LogP contribution is 2.22. The molecule has 1 unspecified atom stereocenters. The second kappa shape index (κ2) is 6.05. The predicted octanol–water partition coefficient (Wildman–Crippen LogP) is 2.83. The van der Waals surface area contributed by atoms with Crippen LogP contribution in [0.15, 0.2) is 18.2 Å². The molecule has 1 aromatic rings. The quantitative estimate of drug-likeness (QED) is 0.907. The first-order valence-corrected chi connectivity index (χ1v) is 6.78. The van der Waals surface area contributed by atoms with E-state index in [2.05, 4.69) is 10.2 Å². The molecular weight excluding hydrogens is 255 g/mol. The van der Waals surface area contributed by atoms with Gasteiger partial charge < -0.3 is 10.2 Å². The summed E-state index contributed by atoms with van der Waals surface area (Å²) in [4.78, 5) is 2.48. The van der Waals surface area contributed by atoms with Crippen LogP contribution >= 0.6 is 23.2 Å². The number of hydrogen-bond acceptors (Lipinski definition) is 2. The van der Waals surface area contributed by atoms with E-state index in [4.69, 9.17) is 23.2 Å². The fourth-order valence-electron chi connectivity index (χ4n) is 2.27. The zero-order chi connectivity index (χ0) is 12.3. The predicted molar refractivity (Wildman–Crippen MR) is 74.1 cm³/mol. The lowest BCUT2D eigenvalue weighted by molar-refractivity contribution is 0.334. The summed E-state index contributed by atoms with van der Waals surface area (Å²) in [7, 11) is 2.03. The number of hydrogen-bond donors (Lipinski definition) is 1. The molecule has 1 aliphatic rings. The first-order valence-electron chi connectivity index (χ1n) is 6.02. The maximum absolute atomic E-state index is 6.16. The van der Waals surface area contributed by atoms with Crippen molar-refractivity contribution in [3.05, 3.63) is 33.8 Å². The first-order chi connectivity index (χ1) is 8.19. The van der Waals surface area contributed by atoms with Crippen molar-refractivity contribution in [1.82, 2.24) is 10.2 Å². The number of rotatable bonds is 4. The Morgan fingerprint density at radius 1 is 1.41 bits per heavy atom. The molecule has 4 heteroatoms. The van der Waals surface area contributed by atoms with E-state index in [1.807, 2.05) is 25.2 Å². The summed E-state index contributed by atoms with van der Waals surface area (Å²) in [6.07, 6.45) is 2.23. The summed E-state index contributed by atoms with van der Waals surface area (Å²) < 4.78 is 0. The summed E-state index contributed by atoms with van der Waals surface area (Å²) >= 11 is 12.0. The Hall–Kier alpha value is -0.280. The van der Waals surface area contributed by atoms with Crippen LogP contribution in [0.4, 0.5) is 0 Å². The molecule has 94 valence electrons. The highest BCUT2D eigenvalue weighted by atomic mass is 35.5. The first kappa shape index (κ1) is 13.2. The Morgan fingerprint density at radius 2 is 2.24 bits per heavy atom. The van der Waals surface area contributed by atoms with Gasteiger partial charge in [-0.2, -0.15) is 0 Å². The Kier molecular flexibility index (Phi) is 4.69. The zero-order valence-electron chi connectivity index (χ0n) is 10.0. The van der Waals surface area contributed by atoms with Gasteiger partial charge in [0.2, 0.25) is 0 Å². The number of benzene rings is 1. The molecule has 0 aromatic heterocycles. The van der Waals surface area contributed by atoms with Crippen molar-refractivity contribution in [3.63, 3.8) is 0 Å². The van der Waals surface area contributed by atoms with Gasteiger partial charge in [0.25, 0.3) is 0 Å². The molecule has 0 spiro atoms. The Labute approximate surface area is 113 Å². The van der Waals surface area contributed by atoms with E-state index in [0.717, 1.165) is 24.5 Å². The van der Waals surface area contributed by atoms with Crippen molar-refractivity contribution in [2.75, 3.05) is 26.7 Å². The minimum Gasteiger partial charge on any atom is -0.316 e. The number of nitrogens with zero attached hydrogens (tertiary/aromatic N) is 1. The van der Waals surface area contributed by atoms with E-state index >= 15 is 0 Å². The number of likely N-dealkylation sites (N-methyl/N-ethyl adjacent to an activating group) is 1. The summed E-state index contributed by atoms with van der Waals surface area (Å²) in [6, 6.07) is 6.40. The normalized spacial score (nSPS) is 21.0. The molecule has 0 bridgehead atoms. The van der Waals surface area contributed by atoms with E-state index < -0.39 is 0 Å². The van der Waals surface area contributed by atoms with Gasteiger partial charge in [0.1, 0.15) is 0 Å². The fourth-order valence-corrected chi connectivity index (χ4v) is 2.78. The molecule has 1 fully saturated rings. The number of nitrogens with one attached hydrogen (secondary N) is 1. The zero-order valence-corrected chi connectivity index (χ0v) is 11.6. The van der Waals surface area contributed by atoms with Crippen LogP contribution < -0.4 is 5.32 Å². The van der Waals surface area contributed by atoms with Crippen LogP contribution in [-0.2, 0) is 6.42 Å². The van der Waals surface area contributed by atoms with Gasteiger partial charge in [0.15, 0.2) is 0 Å². The van der Waals surface area contributed by atoms with Crippen molar-refractivity contribution in [2.45, 2.75) is 18.9 Å². The Bertz CT molecular complexity index is 382. The van der Waals surface area contributed by atoms with Crippen LogP contribution in [0.25, 0.3) is 0 Å². The van der Waals surface area contributed by atoms with Gasteiger partial charge >= 0.3 is 0 Å². The third kappa shape index (κ3) is 3.59. The molecule has 1 heterocycles. The lowest BCUT2D eigenvalue weighted by atomic mass is 10.1. The van der Waals surface area contributed by atoms with Crippen LogP contribution in [-0.4, -0.2) is 37.6 Å². The minimum absolute atomic E-state index is 0.649. The molecule has 1 aliphatic heterocycles. The molecule has 0 amide bonds. The lowest BCUT2D eigenvalue weighted by Crippen LogP contribution is -2.30. The molecule has 17 heavy (non-hydrogen) atoms. The largest absolute Gasteiger partial charge is 0.316 e. The third-order valence-electron chi connectivity index (χ3n) is 3.39. The van der Waals surface area contributed by atoms with E-state index in [-0.39, 0.29) is 0 Å². The van der Waals surface area contributed by atoms with Crippen molar-refractivity contribution in [2.24, 2.45) is 0 Å². The van der Waals surface area contributed by atoms with E-state index in [9.17, 15) is 0 Å². The SMILES string of the molecule is CNC1CCN(CCc2ccc(Cl)cc2Cl)C1. The van der Waals surface area contributed by atoms with Crippen LogP contribution in [0, 0.1) is 0 Å². The smallest absolute Gasteiger partial charge is 0.0453 e. The van der Waals surface area contributed by atoms with Crippen molar-refractivity contribution < 1.29 is 0 Å². The second-order valence-electron chi connectivity index (χ2n) is 4.56. The van der Waals surface area contributed by atoms with E-state index in [1.165, 1.54) is 18.5 Å². The third-order valence-corrected chi connectivity index (χ3v) is 3.98. The molecule has 1 aromatic carbocycles. The van der Waals surface area contributed by atoms with Crippen LogP contribution in [0.2, 0.25) is 10.0 Å². The maximum atomic E-state index is 6.16. The van der Waals surface area contributed by atoms with E-state index in [0.29, 0.717) is 11.1 Å². The highest BCUT2D eigenvalue weighted by Gasteiger charge is 2.20. The van der Waals surface area contributed by atoms with Gasteiger partial charge in [0, 0.05) is 29.2 Å². The molecule has 0 saturated carbocycles. The molecule has 0 radical (unpaired) electrons. The number of halogens is 2. The van der Waals surface area contributed by atoms with Gasteiger partial charge in [-0.15, -0.1) is 0 Å². The molecular formula is C13H18Cl2N2. The van der Waals surface area contributed by atoms with Gasteiger partial charge in [-0.3, -0.25) is 0 Å². The molecule has 2 rings (SSSR count). The Morgan fingerprint density at radius 3 is 2.88 bits per heavy atom. The topological polar surface area (TPSA) is 15.3 Å². The molecule has 1 atom stereocenters. The summed E-state index contributed by atoms with van der Waals surface area (Å²) in [5, 5.41) is 4.81. The maximum Gasteiger partial charge on any atom is 0.0453 e. The van der Waals surface area contributed by atoms with Crippen LogP contribution in [0.5, 0.6) is 0 Å². The average Bonchev–Trinajstić information content (AvgIpc) is 2.76. The van der Waals surface area contributed by atoms with Crippen LogP contribution in [0.1, 0.15) is 12.0 Å². The van der Waals surface area contributed by atoms with Crippen molar-refractivity contribution >= 4 is 23.2 Å². The van der Waals surface area contributed by atoms with Gasteiger partial charge in [-0.1, -0.05) is 29.3 Å². The summed E-state index contributed by atoms with van der Waals surface area (Å²) in [6.45, 7) is 3.39. The van der Waals surface area contributed by atoms with Crippen LogP contribution in [0.3, 0.4) is 0 Å². The van der Waals surface area contributed by atoms with Crippen molar-refractivity contribution in [1.29, 1.82) is 0 Å². The van der Waals surface area contributed by atoms with E-state index in [1.54, 1.807) is 0 Å². The van der Waals surface area contributed by atoms with Gasteiger partial charge in [-0.05, 0) is 44.1 Å². The average molecular weight is 273 g/mol.